The van der Waals surface area contributed by atoms with Gasteiger partial charge in [-0.2, -0.15) is 52.7 Å². The average Bonchev–Trinajstić information content (AvgIpc) is 3.36. The Kier molecular flexibility index (Phi) is 14.0. The third-order valence-electron chi connectivity index (χ3n) is 11.1. The summed E-state index contributed by atoms with van der Waals surface area (Å²) in [6, 6.07) is 2.11. The summed E-state index contributed by atoms with van der Waals surface area (Å²) in [5.74, 6) is -1.66. The van der Waals surface area contributed by atoms with E-state index in [-0.39, 0.29) is 111 Å². The Morgan fingerprint density at radius 3 is 0.873 bits per heavy atom. The average molecular weight is 913 g/mol. The summed E-state index contributed by atoms with van der Waals surface area (Å²) in [5, 5.41) is 0. The van der Waals surface area contributed by atoms with Gasteiger partial charge in [0.25, 0.3) is 0 Å². The van der Waals surface area contributed by atoms with Gasteiger partial charge in [-0.05, 0) is 60.4 Å². The number of alkyl halides is 12. The number of unbranched alkanes of at least 4 members (excludes halogenated alkanes) is 2. The van der Waals surface area contributed by atoms with Crippen molar-refractivity contribution >= 4 is 0 Å². The SMILES string of the molecule is CCCC[N+]1(CCCC)Cc2c(-c3cc(C(F)(F)F)cc(C(F)(F)F)c3)c(OC)c(OC)c(OC)c2-c2c(c(-c3cc(C(F)(F)F)cc(C(F)(F)F)c3)c(OC)c(OC)c2OC)C1. The topological polar surface area (TPSA) is 55.4 Å². The number of methoxy groups -OCH3 is 6. The number of nitrogens with zero attached hydrogens (tertiary/aromatic N) is 1. The van der Waals surface area contributed by atoms with E-state index >= 15 is 0 Å². The van der Waals surface area contributed by atoms with E-state index in [2.05, 4.69) is 0 Å². The predicted molar refractivity (Wildman–Crippen MR) is 209 cm³/mol. The van der Waals surface area contributed by atoms with Gasteiger partial charge in [-0.15, -0.1) is 0 Å². The first-order valence-electron chi connectivity index (χ1n) is 19.5. The lowest BCUT2D eigenvalue weighted by Crippen LogP contribution is -2.47. The van der Waals surface area contributed by atoms with Crippen LogP contribution in [0, 0.1) is 0 Å². The second-order valence-electron chi connectivity index (χ2n) is 15.1. The molecule has 1 aliphatic heterocycles. The number of fused-ring (bicyclic) bond motifs is 3. The van der Waals surface area contributed by atoms with Gasteiger partial charge in [0.15, 0.2) is 23.0 Å². The number of hydrogen-bond acceptors (Lipinski definition) is 6. The molecule has 0 saturated carbocycles. The fourth-order valence-corrected chi connectivity index (χ4v) is 8.40. The van der Waals surface area contributed by atoms with Gasteiger partial charge in [0.2, 0.25) is 11.5 Å². The van der Waals surface area contributed by atoms with Crippen LogP contribution < -0.4 is 28.4 Å². The summed E-state index contributed by atoms with van der Waals surface area (Å²) in [6.45, 7) is 3.93. The third kappa shape index (κ3) is 9.39. The van der Waals surface area contributed by atoms with Gasteiger partial charge in [0, 0.05) is 33.4 Å². The highest BCUT2D eigenvalue weighted by atomic mass is 19.4. The Labute approximate surface area is 356 Å². The fraction of sp³-hybridized carbons (Fsp3) is 0.455. The monoisotopic (exact) mass is 912 g/mol. The van der Waals surface area contributed by atoms with Gasteiger partial charge in [-0.1, -0.05) is 26.7 Å². The molecule has 0 amide bonds. The molecule has 4 aromatic carbocycles. The molecule has 0 bridgehead atoms. The largest absolute Gasteiger partial charge is 0.492 e. The summed E-state index contributed by atoms with van der Waals surface area (Å²) in [7, 11) is 6.93. The second-order valence-corrected chi connectivity index (χ2v) is 15.1. The molecule has 0 spiro atoms. The zero-order valence-corrected chi connectivity index (χ0v) is 35.6. The maximum absolute atomic E-state index is 14.5. The molecule has 1 aliphatic rings. The standard InChI is InChI=1S/C44H46F12NO6/c1-9-11-13-57(14-12-10-2)21-29-31(23-15-25(41(45,46)47)19-26(16-23)42(48,49)50)35(58-3)39(62-7)37(60-5)33(29)34-30(22-57)32(36(59-4)40(63-8)38(34)61-6)24-17-27(43(51,52)53)20-28(18-24)44(54,55)56/h15-20H,9-14,21-22H2,1-8H3/q+1. The molecule has 0 atom stereocenters. The van der Waals surface area contributed by atoms with Crippen molar-refractivity contribution in [3.63, 3.8) is 0 Å². The minimum atomic E-state index is -5.27. The van der Waals surface area contributed by atoms with Crippen LogP contribution in [0.2, 0.25) is 0 Å². The first-order chi connectivity index (χ1) is 29.4. The molecule has 346 valence electrons. The van der Waals surface area contributed by atoms with Crippen LogP contribution in [0.1, 0.15) is 72.9 Å². The van der Waals surface area contributed by atoms with Crippen LogP contribution >= 0.6 is 0 Å². The molecule has 0 radical (unpaired) electrons. The number of ether oxygens (including phenoxy) is 6. The second kappa shape index (κ2) is 18.1. The molecular formula is C44H46F12NO6+. The smallest absolute Gasteiger partial charge is 0.416 e. The summed E-state index contributed by atoms with van der Waals surface area (Å²) < 4.78 is 209. The van der Waals surface area contributed by atoms with Gasteiger partial charge < -0.3 is 32.9 Å². The van der Waals surface area contributed by atoms with Crippen LogP contribution in [0.25, 0.3) is 33.4 Å². The van der Waals surface area contributed by atoms with Crippen LogP contribution in [0.15, 0.2) is 36.4 Å². The fourth-order valence-electron chi connectivity index (χ4n) is 8.40. The molecule has 0 unspecified atom stereocenters. The predicted octanol–water partition coefficient (Wildman–Crippen LogP) is 13.2. The van der Waals surface area contributed by atoms with Crippen LogP contribution in [0.5, 0.6) is 34.5 Å². The molecule has 0 aliphatic carbocycles. The maximum Gasteiger partial charge on any atom is 0.416 e. The summed E-state index contributed by atoms with van der Waals surface area (Å²) in [5.41, 5.74) is -8.31. The van der Waals surface area contributed by atoms with Crippen molar-refractivity contribution < 1.29 is 85.6 Å². The molecule has 7 nitrogen and oxygen atoms in total. The van der Waals surface area contributed by atoms with Gasteiger partial charge in [0.05, 0.1) is 78.0 Å². The van der Waals surface area contributed by atoms with Crippen molar-refractivity contribution in [2.24, 2.45) is 0 Å². The highest BCUT2D eigenvalue weighted by molar-refractivity contribution is 5.98. The summed E-state index contributed by atoms with van der Waals surface area (Å²) >= 11 is 0. The van der Waals surface area contributed by atoms with Crippen molar-refractivity contribution in [3.05, 3.63) is 69.8 Å². The molecule has 0 saturated heterocycles. The molecule has 0 aromatic heterocycles. The number of quaternary nitrogens is 1. The van der Waals surface area contributed by atoms with E-state index in [1.54, 1.807) is 0 Å². The first kappa shape index (κ1) is 48.8. The lowest BCUT2D eigenvalue weighted by molar-refractivity contribution is -0.953. The minimum Gasteiger partial charge on any atom is -0.492 e. The highest BCUT2D eigenvalue weighted by Gasteiger charge is 2.46. The number of rotatable bonds is 14. The van der Waals surface area contributed by atoms with E-state index in [0.29, 0.717) is 49.9 Å². The molecule has 1 heterocycles. The van der Waals surface area contributed by atoms with E-state index < -0.39 is 58.1 Å². The van der Waals surface area contributed by atoms with Gasteiger partial charge in [-0.25, -0.2) is 0 Å². The molecule has 0 fully saturated rings. The Morgan fingerprint density at radius 1 is 0.397 bits per heavy atom. The van der Waals surface area contributed by atoms with E-state index in [0.717, 1.165) is 28.4 Å². The summed E-state index contributed by atoms with van der Waals surface area (Å²) in [4.78, 5) is 0. The molecule has 63 heavy (non-hydrogen) atoms. The van der Waals surface area contributed by atoms with E-state index in [1.807, 2.05) is 13.8 Å². The lowest BCUT2D eigenvalue weighted by Gasteiger charge is -2.39. The van der Waals surface area contributed by atoms with Crippen molar-refractivity contribution in [2.45, 2.75) is 77.3 Å². The highest BCUT2D eigenvalue weighted by Crippen LogP contribution is 2.62. The zero-order valence-electron chi connectivity index (χ0n) is 35.6. The van der Waals surface area contributed by atoms with Crippen LogP contribution in [-0.2, 0) is 37.8 Å². The van der Waals surface area contributed by atoms with E-state index in [1.165, 1.54) is 14.2 Å². The molecule has 19 heteroatoms. The number of hydrogen-bond donors (Lipinski definition) is 0. The third-order valence-corrected chi connectivity index (χ3v) is 11.1. The van der Waals surface area contributed by atoms with Gasteiger partial charge in [-0.3, -0.25) is 0 Å². The molecule has 0 N–H and O–H groups in total. The van der Waals surface area contributed by atoms with Gasteiger partial charge >= 0.3 is 24.7 Å². The van der Waals surface area contributed by atoms with Crippen molar-refractivity contribution in [2.75, 3.05) is 55.7 Å². The van der Waals surface area contributed by atoms with E-state index in [9.17, 15) is 52.7 Å². The van der Waals surface area contributed by atoms with Crippen molar-refractivity contribution in [3.8, 4) is 67.9 Å². The van der Waals surface area contributed by atoms with Crippen molar-refractivity contribution in [1.82, 2.24) is 0 Å². The van der Waals surface area contributed by atoms with Gasteiger partial charge in [0.1, 0.15) is 13.1 Å². The van der Waals surface area contributed by atoms with Crippen LogP contribution in [0.3, 0.4) is 0 Å². The normalized spacial score (nSPS) is 14.1. The lowest BCUT2D eigenvalue weighted by atomic mass is 9.84. The molecule has 5 rings (SSSR count). The van der Waals surface area contributed by atoms with E-state index in [4.69, 9.17) is 28.4 Å². The first-order valence-corrected chi connectivity index (χ1v) is 19.5. The number of halogens is 12. The molecular weight excluding hydrogens is 866 g/mol. The minimum absolute atomic E-state index is 0.0235. The zero-order chi connectivity index (χ0) is 47.0. The molecule has 4 aromatic rings. The summed E-state index contributed by atoms with van der Waals surface area (Å²) in [6.07, 6.45) is -18.9. The van der Waals surface area contributed by atoms with Crippen molar-refractivity contribution in [1.29, 1.82) is 0 Å². The Hall–Kier alpha value is -5.20. The van der Waals surface area contributed by atoms with Crippen LogP contribution in [-0.4, -0.2) is 60.2 Å². The number of benzene rings is 4. The Bertz CT molecular complexity index is 2090. The Balaban J connectivity index is 2.22. The Morgan fingerprint density at radius 2 is 0.651 bits per heavy atom. The maximum atomic E-state index is 14.5. The quantitative estimate of drug-likeness (QED) is 0.0928. The van der Waals surface area contributed by atoms with Crippen LogP contribution in [0.4, 0.5) is 52.7 Å².